The van der Waals surface area contributed by atoms with Gasteiger partial charge in [0.1, 0.15) is 5.75 Å². The molecule has 2 N–H and O–H groups in total. The number of para-hydroxylation sites is 1. The Morgan fingerprint density at radius 3 is 2.49 bits per heavy atom. The third-order valence-electron chi connectivity index (χ3n) is 6.74. The summed E-state index contributed by atoms with van der Waals surface area (Å²) in [7, 11) is -2.06. The van der Waals surface area contributed by atoms with Crippen LogP contribution < -0.4 is 19.7 Å². The van der Waals surface area contributed by atoms with E-state index in [0.717, 1.165) is 34.6 Å². The van der Waals surface area contributed by atoms with Crippen LogP contribution in [0.3, 0.4) is 0 Å². The predicted molar refractivity (Wildman–Crippen MR) is 160 cm³/mol. The topological polar surface area (TPSA) is 88.5 Å². The van der Waals surface area contributed by atoms with Gasteiger partial charge in [0.05, 0.1) is 47.5 Å². The maximum absolute atomic E-state index is 12.1. The summed E-state index contributed by atoms with van der Waals surface area (Å²) in [6.07, 6.45) is 2.86. The van der Waals surface area contributed by atoms with Crippen molar-refractivity contribution in [3.8, 4) is 11.4 Å². The van der Waals surface area contributed by atoms with E-state index in [9.17, 15) is 8.42 Å². The second kappa shape index (κ2) is 10.5. The van der Waals surface area contributed by atoms with Crippen molar-refractivity contribution in [3.05, 3.63) is 101 Å². The molecule has 1 fully saturated rings. The van der Waals surface area contributed by atoms with E-state index in [0.29, 0.717) is 27.3 Å². The van der Waals surface area contributed by atoms with Crippen LogP contribution in [0, 0.1) is 13.8 Å². The van der Waals surface area contributed by atoms with Crippen LogP contribution in [0.4, 0.5) is 11.4 Å². The fourth-order valence-corrected chi connectivity index (χ4v) is 6.29. The summed E-state index contributed by atoms with van der Waals surface area (Å²) < 4.78 is 34.3. The monoisotopic (exact) mass is 581 g/mol. The molecule has 3 heterocycles. The number of methoxy groups -OCH3 is 1. The van der Waals surface area contributed by atoms with E-state index in [1.807, 2.05) is 60.4 Å². The number of hydrogen-bond acceptors (Lipinski definition) is 5. The van der Waals surface area contributed by atoms with Crippen molar-refractivity contribution in [2.75, 3.05) is 23.0 Å². The summed E-state index contributed by atoms with van der Waals surface area (Å²) in [6, 6.07) is 20.4. The highest BCUT2D eigenvalue weighted by Crippen LogP contribution is 2.45. The van der Waals surface area contributed by atoms with Crippen LogP contribution in [0.2, 0.25) is 5.02 Å². The van der Waals surface area contributed by atoms with Crippen LogP contribution in [0.5, 0.6) is 5.75 Å². The van der Waals surface area contributed by atoms with Crippen LogP contribution in [0.1, 0.15) is 34.7 Å². The van der Waals surface area contributed by atoms with Gasteiger partial charge in [0.2, 0.25) is 10.0 Å². The molecule has 0 aliphatic carbocycles. The van der Waals surface area contributed by atoms with Gasteiger partial charge in [-0.15, -0.1) is 0 Å². The molecule has 0 saturated carbocycles. The van der Waals surface area contributed by atoms with Gasteiger partial charge in [-0.3, -0.25) is 9.71 Å². The van der Waals surface area contributed by atoms with E-state index in [4.69, 9.17) is 28.6 Å². The number of nitrogens with zero attached hydrogens (tertiary/aromatic N) is 3. The van der Waals surface area contributed by atoms with Gasteiger partial charge in [-0.2, -0.15) is 0 Å². The lowest BCUT2D eigenvalue weighted by molar-refractivity contribution is 0.417. The van der Waals surface area contributed by atoms with Crippen molar-refractivity contribution < 1.29 is 13.2 Å². The number of benzene rings is 2. The first-order valence-corrected chi connectivity index (χ1v) is 14.9. The number of aromatic nitrogens is 2. The predicted octanol–water partition coefficient (Wildman–Crippen LogP) is 5.70. The van der Waals surface area contributed by atoms with E-state index in [1.54, 1.807) is 18.3 Å². The molecular formula is C28H28ClN5O3S2. The van der Waals surface area contributed by atoms with Gasteiger partial charge in [-0.05, 0) is 80.2 Å². The van der Waals surface area contributed by atoms with Gasteiger partial charge in [0.25, 0.3) is 0 Å². The lowest BCUT2D eigenvalue weighted by Gasteiger charge is -2.29. The molecule has 202 valence electrons. The van der Waals surface area contributed by atoms with Crippen molar-refractivity contribution in [2.24, 2.45) is 0 Å². The Bertz CT molecular complexity index is 1660. The van der Waals surface area contributed by atoms with Gasteiger partial charge < -0.3 is 19.5 Å². The molecule has 1 saturated heterocycles. The number of hydrogen-bond donors (Lipinski definition) is 2. The number of aryl methyl sites for hydroxylation is 1. The van der Waals surface area contributed by atoms with Crippen molar-refractivity contribution in [1.82, 2.24) is 14.9 Å². The lowest BCUT2D eigenvalue weighted by Crippen LogP contribution is -2.29. The van der Waals surface area contributed by atoms with E-state index in [1.165, 1.54) is 7.11 Å². The average Bonchev–Trinajstić information content (AvgIpc) is 3.39. The third kappa shape index (κ3) is 5.19. The van der Waals surface area contributed by atoms with E-state index < -0.39 is 10.0 Å². The summed E-state index contributed by atoms with van der Waals surface area (Å²) in [5.74, 6) is 0.400. The standard InChI is InChI=1S/C28H28ClN5O3S2/c1-17-15-20(18(2)33(17)24-11-6-5-9-21(24)29)27-26(22-10-7-8-14-30-22)31-28(38)34(27)19-12-13-25(37-3)23(16-19)32-39(4,35)36/h5-16,26-27,32H,1-4H3,(H,31,38)/t26-,27-/m1/s1. The van der Waals surface area contributed by atoms with E-state index >= 15 is 0 Å². The lowest BCUT2D eigenvalue weighted by atomic mass is 9.96. The number of sulfonamides is 1. The second-order valence-electron chi connectivity index (χ2n) is 9.37. The molecule has 5 rings (SSSR count). The quantitative estimate of drug-likeness (QED) is 0.271. The Morgan fingerprint density at radius 2 is 1.82 bits per heavy atom. The SMILES string of the molecule is COc1ccc(N2C(=S)N[C@H](c3ccccn3)[C@H]2c2cc(C)n(-c3ccccc3Cl)c2C)cc1NS(C)(=O)=O. The zero-order valence-corrected chi connectivity index (χ0v) is 24.2. The highest BCUT2D eigenvalue weighted by Gasteiger charge is 2.42. The van der Waals surface area contributed by atoms with Gasteiger partial charge in [-0.1, -0.05) is 29.8 Å². The van der Waals surface area contributed by atoms with E-state index in [-0.39, 0.29) is 12.1 Å². The van der Waals surface area contributed by atoms with Gasteiger partial charge >= 0.3 is 0 Å². The van der Waals surface area contributed by atoms with Crippen LogP contribution in [-0.4, -0.2) is 36.4 Å². The first-order valence-electron chi connectivity index (χ1n) is 12.2. The van der Waals surface area contributed by atoms with Crippen LogP contribution in [0.15, 0.2) is 72.9 Å². The average molecular weight is 582 g/mol. The zero-order valence-electron chi connectivity index (χ0n) is 21.8. The zero-order chi connectivity index (χ0) is 27.9. The molecule has 4 aromatic rings. The largest absolute Gasteiger partial charge is 0.495 e. The Kier molecular flexibility index (Phi) is 7.28. The second-order valence-corrected chi connectivity index (χ2v) is 11.9. The number of anilines is 2. The van der Waals surface area contributed by atoms with Crippen molar-refractivity contribution in [2.45, 2.75) is 25.9 Å². The fraction of sp³-hybridized carbons (Fsp3) is 0.214. The minimum atomic E-state index is -3.55. The maximum Gasteiger partial charge on any atom is 0.229 e. The maximum atomic E-state index is 12.1. The van der Waals surface area contributed by atoms with Crippen molar-refractivity contribution in [1.29, 1.82) is 0 Å². The molecule has 0 spiro atoms. The first kappa shape index (κ1) is 27.0. The number of thiocarbonyl (C=S) groups is 1. The van der Waals surface area contributed by atoms with Crippen molar-refractivity contribution >= 4 is 50.3 Å². The molecule has 11 heteroatoms. The van der Waals surface area contributed by atoms with Crippen molar-refractivity contribution in [3.63, 3.8) is 0 Å². The van der Waals surface area contributed by atoms with Gasteiger partial charge in [0, 0.05) is 23.3 Å². The molecule has 8 nitrogen and oxygen atoms in total. The molecule has 0 amide bonds. The minimum Gasteiger partial charge on any atom is -0.495 e. The summed E-state index contributed by atoms with van der Waals surface area (Å²) in [5.41, 5.74) is 5.79. The fourth-order valence-electron chi connectivity index (χ4n) is 5.17. The Labute approximate surface area is 238 Å². The molecule has 1 aliphatic heterocycles. The number of ether oxygens (including phenoxy) is 1. The summed E-state index contributed by atoms with van der Waals surface area (Å²) in [6.45, 7) is 4.10. The van der Waals surface area contributed by atoms with Gasteiger partial charge in [0.15, 0.2) is 5.11 Å². The first-order chi connectivity index (χ1) is 18.6. The molecule has 0 bridgehead atoms. The normalized spacial score (nSPS) is 17.3. The molecule has 0 unspecified atom stereocenters. The molecule has 2 aromatic heterocycles. The molecule has 39 heavy (non-hydrogen) atoms. The molecule has 2 atom stereocenters. The smallest absolute Gasteiger partial charge is 0.229 e. The third-order valence-corrected chi connectivity index (χ3v) is 7.96. The number of rotatable bonds is 7. The number of halogens is 1. The Hall–Kier alpha value is -3.60. The molecule has 1 aliphatic rings. The number of nitrogens with one attached hydrogen (secondary N) is 2. The summed E-state index contributed by atoms with van der Waals surface area (Å²) in [4.78, 5) is 6.64. The molecule has 2 aromatic carbocycles. The van der Waals surface area contributed by atoms with Crippen LogP contribution in [0.25, 0.3) is 5.69 Å². The Balaban J connectivity index is 1.69. The van der Waals surface area contributed by atoms with Crippen LogP contribution in [-0.2, 0) is 10.0 Å². The minimum absolute atomic E-state index is 0.271. The van der Waals surface area contributed by atoms with E-state index in [2.05, 4.69) is 32.6 Å². The number of pyridine rings is 1. The molecular weight excluding hydrogens is 554 g/mol. The van der Waals surface area contributed by atoms with Crippen LogP contribution >= 0.6 is 23.8 Å². The van der Waals surface area contributed by atoms with Gasteiger partial charge in [-0.25, -0.2) is 8.42 Å². The highest BCUT2D eigenvalue weighted by atomic mass is 35.5. The summed E-state index contributed by atoms with van der Waals surface area (Å²) >= 11 is 12.5. The summed E-state index contributed by atoms with van der Waals surface area (Å²) in [5, 5.41) is 4.60. The highest BCUT2D eigenvalue weighted by molar-refractivity contribution is 7.92. The Morgan fingerprint density at radius 1 is 1.08 bits per heavy atom. The molecule has 0 radical (unpaired) electrons.